The standard InChI is InChI=1S/C15H25NO2/c1-12-4-6-13(7-5-12)10-14(18)16-15(11-17)8-2-3-9-15/h10,12,17H,2-9,11H2,1H3,(H,16,18). The summed E-state index contributed by atoms with van der Waals surface area (Å²) >= 11 is 0. The lowest BCUT2D eigenvalue weighted by atomic mass is 9.87. The minimum atomic E-state index is -0.337. The van der Waals surface area contributed by atoms with Gasteiger partial charge in [-0.2, -0.15) is 0 Å². The fourth-order valence-corrected chi connectivity index (χ4v) is 3.13. The number of hydrogen-bond donors (Lipinski definition) is 2. The second kappa shape index (κ2) is 5.87. The first kappa shape index (κ1) is 13.6. The predicted molar refractivity (Wildman–Crippen MR) is 72.1 cm³/mol. The molecule has 1 amide bonds. The molecule has 18 heavy (non-hydrogen) atoms. The van der Waals surface area contributed by atoms with Crippen LogP contribution in [0.5, 0.6) is 0 Å². The Balaban J connectivity index is 1.89. The zero-order valence-corrected chi connectivity index (χ0v) is 11.4. The van der Waals surface area contributed by atoms with E-state index in [-0.39, 0.29) is 18.1 Å². The summed E-state index contributed by atoms with van der Waals surface area (Å²) in [5.74, 6) is 0.791. The van der Waals surface area contributed by atoms with Crippen LogP contribution >= 0.6 is 0 Å². The van der Waals surface area contributed by atoms with Crippen LogP contribution in [0.15, 0.2) is 11.6 Å². The van der Waals surface area contributed by atoms with Crippen LogP contribution in [0.2, 0.25) is 0 Å². The molecule has 0 atom stereocenters. The van der Waals surface area contributed by atoms with E-state index in [1.54, 1.807) is 6.08 Å². The third-order valence-corrected chi connectivity index (χ3v) is 4.50. The van der Waals surface area contributed by atoms with E-state index in [9.17, 15) is 9.90 Å². The van der Waals surface area contributed by atoms with Crippen molar-refractivity contribution in [2.24, 2.45) is 5.92 Å². The molecular weight excluding hydrogens is 226 g/mol. The van der Waals surface area contributed by atoms with Gasteiger partial charge in [-0.3, -0.25) is 4.79 Å². The van der Waals surface area contributed by atoms with Gasteiger partial charge in [-0.25, -0.2) is 0 Å². The summed E-state index contributed by atoms with van der Waals surface area (Å²) < 4.78 is 0. The summed E-state index contributed by atoms with van der Waals surface area (Å²) in [5, 5.41) is 12.5. The highest BCUT2D eigenvalue weighted by Gasteiger charge is 2.34. The smallest absolute Gasteiger partial charge is 0.244 e. The maximum atomic E-state index is 12.0. The van der Waals surface area contributed by atoms with Crippen molar-refractivity contribution in [2.45, 2.75) is 63.8 Å². The molecule has 0 saturated heterocycles. The van der Waals surface area contributed by atoms with Gasteiger partial charge < -0.3 is 10.4 Å². The summed E-state index contributed by atoms with van der Waals surface area (Å²) in [4.78, 5) is 12.0. The van der Waals surface area contributed by atoms with Crippen LogP contribution in [0.1, 0.15) is 58.3 Å². The maximum absolute atomic E-state index is 12.0. The highest BCUT2D eigenvalue weighted by molar-refractivity contribution is 5.88. The van der Waals surface area contributed by atoms with Gasteiger partial charge in [0.25, 0.3) is 0 Å². The number of nitrogens with one attached hydrogen (secondary N) is 1. The van der Waals surface area contributed by atoms with Crippen LogP contribution in [0, 0.1) is 5.92 Å². The zero-order chi connectivity index (χ0) is 13.0. The van der Waals surface area contributed by atoms with Crippen molar-refractivity contribution in [1.82, 2.24) is 5.32 Å². The number of allylic oxidation sites excluding steroid dienone is 1. The van der Waals surface area contributed by atoms with E-state index >= 15 is 0 Å². The minimum Gasteiger partial charge on any atom is -0.394 e. The van der Waals surface area contributed by atoms with E-state index in [2.05, 4.69) is 12.2 Å². The Morgan fingerprint density at radius 3 is 2.56 bits per heavy atom. The van der Waals surface area contributed by atoms with Crippen LogP contribution < -0.4 is 5.32 Å². The Morgan fingerprint density at radius 1 is 1.39 bits per heavy atom. The second-order valence-electron chi connectivity index (χ2n) is 6.12. The van der Waals surface area contributed by atoms with Gasteiger partial charge in [-0.15, -0.1) is 0 Å². The van der Waals surface area contributed by atoms with E-state index in [4.69, 9.17) is 0 Å². The number of carbonyl (C=O) groups is 1. The summed E-state index contributed by atoms with van der Waals surface area (Å²) in [6.45, 7) is 2.34. The molecule has 0 spiro atoms. The van der Waals surface area contributed by atoms with Gasteiger partial charge in [0.05, 0.1) is 12.1 Å². The van der Waals surface area contributed by atoms with Gasteiger partial charge in [0.1, 0.15) is 0 Å². The van der Waals surface area contributed by atoms with Gasteiger partial charge in [0.15, 0.2) is 0 Å². The third-order valence-electron chi connectivity index (χ3n) is 4.50. The summed E-state index contributed by atoms with van der Waals surface area (Å²) in [6.07, 6.45) is 10.3. The Morgan fingerprint density at radius 2 is 2.00 bits per heavy atom. The van der Waals surface area contributed by atoms with Crippen molar-refractivity contribution in [3.63, 3.8) is 0 Å². The third kappa shape index (κ3) is 3.35. The Hall–Kier alpha value is -0.830. The normalized spacial score (nSPS) is 27.0. The summed E-state index contributed by atoms with van der Waals surface area (Å²) in [5.41, 5.74) is 0.938. The molecule has 0 radical (unpaired) electrons. The van der Waals surface area contributed by atoms with Gasteiger partial charge in [0.2, 0.25) is 5.91 Å². The van der Waals surface area contributed by atoms with Crippen molar-refractivity contribution in [3.8, 4) is 0 Å². The van der Waals surface area contributed by atoms with E-state index in [1.807, 2.05) is 0 Å². The molecule has 0 aliphatic heterocycles. The number of carbonyl (C=O) groups excluding carboxylic acids is 1. The van der Waals surface area contributed by atoms with Crippen molar-refractivity contribution >= 4 is 5.91 Å². The van der Waals surface area contributed by atoms with E-state index < -0.39 is 0 Å². The molecule has 0 heterocycles. The molecule has 2 fully saturated rings. The first-order valence-electron chi connectivity index (χ1n) is 7.26. The van der Waals surface area contributed by atoms with Crippen molar-refractivity contribution in [1.29, 1.82) is 0 Å². The Bertz CT molecular complexity index is 319. The SMILES string of the molecule is CC1CCC(=CC(=O)NC2(CO)CCCC2)CC1. The second-order valence-corrected chi connectivity index (χ2v) is 6.12. The largest absolute Gasteiger partial charge is 0.394 e. The minimum absolute atomic E-state index is 0.00416. The van der Waals surface area contributed by atoms with Crippen LogP contribution in [0.3, 0.4) is 0 Å². The molecule has 0 aromatic carbocycles. The molecule has 0 unspecified atom stereocenters. The van der Waals surface area contributed by atoms with Crippen molar-refractivity contribution in [3.05, 3.63) is 11.6 Å². The van der Waals surface area contributed by atoms with Gasteiger partial charge >= 0.3 is 0 Å². The van der Waals surface area contributed by atoms with Gasteiger partial charge in [-0.05, 0) is 44.4 Å². The molecule has 2 aliphatic carbocycles. The van der Waals surface area contributed by atoms with Crippen molar-refractivity contribution < 1.29 is 9.90 Å². The molecule has 0 aromatic heterocycles. The molecule has 2 saturated carbocycles. The lowest BCUT2D eigenvalue weighted by Crippen LogP contribution is -2.48. The molecule has 3 nitrogen and oxygen atoms in total. The zero-order valence-electron chi connectivity index (χ0n) is 11.4. The molecule has 2 N–H and O–H groups in total. The monoisotopic (exact) mass is 251 g/mol. The fourth-order valence-electron chi connectivity index (χ4n) is 3.13. The molecule has 0 aromatic rings. The number of hydrogen-bond acceptors (Lipinski definition) is 2. The van der Waals surface area contributed by atoms with Crippen LogP contribution in [0.4, 0.5) is 0 Å². The Kier molecular flexibility index (Phi) is 4.44. The van der Waals surface area contributed by atoms with E-state index in [1.165, 1.54) is 18.4 Å². The Labute approximate surface area is 110 Å². The van der Waals surface area contributed by atoms with Crippen molar-refractivity contribution in [2.75, 3.05) is 6.61 Å². The van der Waals surface area contributed by atoms with Crippen LogP contribution in [-0.4, -0.2) is 23.2 Å². The van der Waals surface area contributed by atoms with E-state index in [0.29, 0.717) is 0 Å². The van der Waals surface area contributed by atoms with Gasteiger partial charge in [-0.1, -0.05) is 25.3 Å². The summed E-state index contributed by atoms with van der Waals surface area (Å²) in [7, 11) is 0. The van der Waals surface area contributed by atoms with E-state index in [0.717, 1.165) is 44.4 Å². The molecular formula is C15H25NO2. The average molecular weight is 251 g/mol. The lowest BCUT2D eigenvalue weighted by molar-refractivity contribution is -0.119. The highest BCUT2D eigenvalue weighted by Crippen LogP contribution is 2.30. The fraction of sp³-hybridized carbons (Fsp3) is 0.800. The van der Waals surface area contributed by atoms with Gasteiger partial charge in [0, 0.05) is 6.08 Å². The molecule has 2 aliphatic rings. The highest BCUT2D eigenvalue weighted by atomic mass is 16.3. The molecule has 2 rings (SSSR count). The average Bonchev–Trinajstić information content (AvgIpc) is 2.81. The molecule has 0 bridgehead atoms. The molecule has 102 valence electrons. The summed E-state index contributed by atoms with van der Waals surface area (Å²) in [6, 6.07) is 0. The maximum Gasteiger partial charge on any atom is 0.244 e. The van der Waals surface area contributed by atoms with Crippen LogP contribution in [-0.2, 0) is 4.79 Å². The lowest BCUT2D eigenvalue weighted by Gasteiger charge is -2.28. The molecule has 3 heteroatoms. The number of aliphatic hydroxyl groups is 1. The number of aliphatic hydroxyl groups excluding tert-OH is 1. The number of amides is 1. The first-order chi connectivity index (χ1) is 8.63. The predicted octanol–water partition coefficient (Wildman–Crippen LogP) is 2.54. The topological polar surface area (TPSA) is 49.3 Å². The number of rotatable bonds is 3. The van der Waals surface area contributed by atoms with Crippen LogP contribution in [0.25, 0.3) is 0 Å². The first-order valence-corrected chi connectivity index (χ1v) is 7.26. The quantitative estimate of drug-likeness (QED) is 0.757.